The number of carbonyl (C=O) groups is 2. The summed E-state index contributed by atoms with van der Waals surface area (Å²) >= 11 is -1.11. The van der Waals surface area contributed by atoms with Crippen LogP contribution in [-0.2, 0) is 9.47 Å². The Morgan fingerprint density at radius 2 is 1.38 bits per heavy atom. The SMILES string of the molecule is CC(C)(C)OC(=O)N(C(=O)OC(C)(C)C)c1ccn[c]([Sn][C](C)(C)C)n1. The molecular formula is C18H29N3O4Sn. The van der Waals surface area contributed by atoms with Crippen LogP contribution in [0.5, 0.6) is 0 Å². The summed E-state index contributed by atoms with van der Waals surface area (Å²) in [6.45, 7) is 16.8. The fraction of sp³-hybridized carbons (Fsp3) is 0.667. The number of rotatable bonds is 2. The van der Waals surface area contributed by atoms with Crippen molar-refractivity contribution in [1.82, 2.24) is 9.97 Å². The maximum absolute atomic E-state index is 12.6. The Bertz CT molecular complexity index is 630. The van der Waals surface area contributed by atoms with Crippen molar-refractivity contribution in [1.29, 1.82) is 0 Å². The molecule has 0 fully saturated rings. The van der Waals surface area contributed by atoms with Crippen molar-refractivity contribution in [3.63, 3.8) is 0 Å². The van der Waals surface area contributed by atoms with E-state index in [1.165, 1.54) is 6.07 Å². The molecule has 0 aromatic carbocycles. The van der Waals surface area contributed by atoms with Crippen LogP contribution < -0.4 is 8.74 Å². The molecule has 0 saturated carbocycles. The van der Waals surface area contributed by atoms with Crippen molar-refractivity contribution >= 4 is 43.0 Å². The van der Waals surface area contributed by atoms with Crippen LogP contribution in [0.3, 0.4) is 0 Å². The monoisotopic (exact) mass is 471 g/mol. The summed E-state index contributed by atoms with van der Waals surface area (Å²) in [7, 11) is 0. The van der Waals surface area contributed by atoms with Crippen molar-refractivity contribution < 1.29 is 19.1 Å². The van der Waals surface area contributed by atoms with E-state index < -0.39 is 44.5 Å². The molecule has 7 nitrogen and oxygen atoms in total. The van der Waals surface area contributed by atoms with Crippen LogP contribution in [0.4, 0.5) is 15.4 Å². The maximum atomic E-state index is 12.6. The van der Waals surface area contributed by atoms with Gasteiger partial charge in [0.05, 0.1) is 0 Å². The Kier molecular flexibility index (Phi) is 7.06. The number of imide groups is 1. The third-order valence-electron chi connectivity index (χ3n) is 2.51. The molecular weight excluding hydrogens is 441 g/mol. The molecule has 1 rings (SSSR count). The second-order valence-electron chi connectivity index (χ2n) is 8.91. The van der Waals surface area contributed by atoms with Gasteiger partial charge < -0.3 is 0 Å². The van der Waals surface area contributed by atoms with E-state index >= 15 is 0 Å². The zero-order valence-electron chi connectivity index (χ0n) is 17.1. The molecule has 0 aliphatic carbocycles. The van der Waals surface area contributed by atoms with Crippen molar-refractivity contribution in [2.75, 3.05) is 4.90 Å². The Hall–Kier alpha value is -1.38. The molecule has 0 unspecified atom stereocenters. The van der Waals surface area contributed by atoms with Gasteiger partial charge in [0, 0.05) is 0 Å². The number of amides is 2. The van der Waals surface area contributed by atoms with Gasteiger partial charge in [-0.3, -0.25) is 0 Å². The van der Waals surface area contributed by atoms with Gasteiger partial charge in [-0.1, -0.05) is 0 Å². The molecule has 0 aliphatic heterocycles. The van der Waals surface area contributed by atoms with Crippen molar-refractivity contribution in [3.05, 3.63) is 12.3 Å². The average Bonchev–Trinajstić information content (AvgIpc) is 2.32. The third kappa shape index (κ3) is 8.33. The summed E-state index contributed by atoms with van der Waals surface area (Å²) in [5.74, 6) is 0.170. The Morgan fingerprint density at radius 1 is 0.923 bits per heavy atom. The first-order valence-electron chi connectivity index (χ1n) is 8.45. The van der Waals surface area contributed by atoms with E-state index in [1.54, 1.807) is 47.7 Å². The first kappa shape index (κ1) is 22.7. The Labute approximate surface area is 166 Å². The van der Waals surface area contributed by atoms with Gasteiger partial charge in [0.2, 0.25) is 0 Å². The van der Waals surface area contributed by atoms with Gasteiger partial charge in [-0.15, -0.1) is 0 Å². The second-order valence-corrected chi connectivity index (χ2v) is 15.2. The molecule has 144 valence electrons. The van der Waals surface area contributed by atoms with Gasteiger partial charge in [-0.25, -0.2) is 0 Å². The predicted octanol–water partition coefficient (Wildman–Crippen LogP) is 3.70. The van der Waals surface area contributed by atoms with Crippen molar-refractivity contribution in [3.8, 4) is 0 Å². The number of carbonyl (C=O) groups excluding carboxylic acids is 2. The van der Waals surface area contributed by atoms with Gasteiger partial charge in [0.15, 0.2) is 0 Å². The predicted molar refractivity (Wildman–Crippen MR) is 102 cm³/mol. The Balaban J connectivity index is 3.25. The van der Waals surface area contributed by atoms with E-state index in [-0.39, 0.29) is 9.25 Å². The minimum absolute atomic E-state index is 0.130. The van der Waals surface area contributed by atoms with Gasteiger partial charge in [-0.05, 0) is 0 Å². The normalized spacial score (nSPS) is 12.5. The Morgan fingerprint density at radius 3 is 1.77 bits per heavy atom. The summed E-state index contributed by atoms with van der Waals surface area (Å²) in [5, 5.41) is 0. The van der Waals surface area contributed by atoms with Crippen LogP contribution >= 0.6 is 0 Å². The van der Waals surface area contributed by atoms with Gasteiger partial charge in [0.25, 0.3) is 0 Å². The molecule has 0 bridgehead atoms. The number of hydrogen-bond donors (Lipinski definition) is 0. The molecule has 2 radical (unpaired) electrons. The molecule has 1 aromatic rings. The standard InChI is InChI=1S/C14H20N3O4.C4H9.Sn/c1-13(2,3)20-11(18)17(10-7-8-15-9-16-10)12(19)21-14(4,5)6;1-4(2)3;/h7-8H,1-6H3;1-3H3;. The van der Waals surface area contributed by atoms with E-state index in [9.17, 15) is 9.59 Å². The minimum atomic E-state index is -1.11. The fourth-order valence-corrected chi connectivity index (χ4v) is 4.54. The van der Waals surface area contributed by atoms with Crippen LogP contribution in [0.2, 0.25) is 3.43 Å². The topological polar surface area (TPSA) is 81.6 Å². The third-order valence-corrected chi connectivity index (χ3v) is 5.98. The summed E-state index contributed by atoms with van der Waals surface area (Å²) in [5.41, 5.74) is -1.51. The number of nitrogens with zero attached hydrogens (tertiary/aromatic N) is 3. The average molecular weight is 470 g/mol. The summed E-state index contributed by atoms with van der Waals surface area (Å²) in [4.78, 5) is 34.9. The van der Waals surface area contributed by atoms with E-state index in [4.69, 9.17) is 9.47 Å². The molecule has 1 aromatic heterocycles. The molecule has 0 atom stereocenters. The second kappa shape index (κ2) is 8.10. The summed E-state index contributed by atoms with van der Waals surface area (Å²) < 4.78 is 11.6. The number of aromatic nitrogens is 2. The number of ether oxygens (including phenoxy) is 2. The van der Waals surface area contributed by atoms with Crippen LogP contribution in [0, 0.1) is 0 Å². The first-order chi connectivity index (χ1) is 11.6. The molecule has 0 N–H and O–H groups in total. The molecule has 8 heteroatoms. The van der Waals surface area contributed by atoms with Crippen molar-refractivity contribution in [2.45, 2.75) is 76.9 Å². The van der Waals surface area contributed by atoms with Gasteiger partial charge in [-0.2, -0.15) is 0 Å². The molecule has 0 saturated heterocycles. The number of hydrogen-bond acceptors (Lipinski definition) is 6. The molecule has 26 heavy (non-hydrogen) atoms. The molecule has 2 amide bonds. The van der Waals surface area contributed by atoms with E-state index in [2.05, 4.69) is 30.7 Å². The molecule has 0 spiro atoms. The zero-order chi connectivity index (χ0) is 20.3. The van der Waals surface area contributed by atoms with Crippen LogP contribution in [-0.4, -0.2) is 54.5 Å². The van der Waals surface area contributed by atoms with Crippen molar-refractivity contribution in [2.24, 2.45) is 0 Å². The number of anilines is 1. The van der Waals surface area contributed by atoms with Crippen LogP contribution in [0.25, 0.3) is 0 Å². The summed E-state index contributed by atoms with van der Waals surface area (Å²) in [6.07, 6.45) is -0.0819. The van der Waals surface area contributed by atoms with E-state index in [1.807, 2.05) is 0 Å². The quantitative estimate of drug-likeness (QED) is 0.614. The molecule has 1 heterocycles. The summed E-state index contributed by atoms with van der Waals surface area (Å²) in [6, 6.07) is 1.51. The van der Waals surface area contributed by atoms with E-state index in [0.29, 0.717) is 3.84 Å². The molecule has 0 aliphatic rings. The van der Waals surface area contributed by atoms with Crippen LogP contribution in [0.1, 0.15) is 62.3 Å². The van der Waals surface area contributed by atoms with Gasteiger partial charge in [0.1, 0.15) is 0 Å². The fourth-order valence-electron chi connectivity index (χ4n) is 1.75. The van der Waals surface area contributed by atoms with Gasteiger partial charge >= 0.3 is 166 Å². The van der Waals surface area contributed by atoms with Crippen LogP contribution in [0.15, 0.2) is 12.3 Å². The van der Waals surface area contributed by atoms with E-state index in [0.717, 1.165) is 4.90 Å². The first-order valence-corrected chi connectivity index (χ1v) is 11.3. The zero-order valence-corrected chi connectivity index (χ0v) is 20.0.